The summed E-state index contributed by atoms with van der Waals surface area (Å²) >= 11 is 0. The average Bonchev–Trinajstić information content (AvgIpc) is 2.18. The van der Waals surface area contributed by atoms with E-state index >= 15 is 0 Å². The van der Waals surface area contributed by atoms with Crippen molar-refractivity contribution in [2.75, 3.05) is 26.7 Å². The molecule has 1 heterocycles. The third kappa shape index (κ3) is 4.61. The van der Waals surface area contributed by atoms with E-state index in [-0.39, 0.29) is 0 Å². The maximum absolute atomic E-state index is 8.82. The molecular formula is C11H21N3O. The van der Waals surface area contributed by atoms with E-state index in [2.05, 4.69) is 11.0 Å². The molecule has 2 atom stereocenters. The maximum atomic E-state index is 8.82. The SMILES string of the molecule is CN(CC1CCCCO1)CC(C)(N)C#N. The molecule has 0 saturated carbocycles. The van der Waals surface area contributed by atoms with E-state index in [4.69, 9.17) is 15.7 Å². The Bertz CT molecular complexity index is 228. The minimum atomic E-state index is -0.760. The second-order valence-electron chi connectivity index (χ2n) is 4.71. The first-order valence-corrected chi connectivity index (χ1v) is 5.54. The second kappa shape index (κ2) is 5.45. The monoisotopic (exact) mass is 211 g/mol. The molecule has 0 aromatic heterocycles. The standard InChI is InChI=1S/C11H21N3O/c1-11(13,8-12)9-14(2)7-10-5-3-4-6-15-10/h10H,3-7,9,13H2,1-2H3. The molecule has 15 heavy (non-hydrogen) atoms. The van der Waals surface area contributed by atoms with Crippen LogP contribution in [0.5, 0.6) is 0 Å². The van der Waals surface area contributed by atoms with Gasteiger partial charge in [0.25, 0.3) is 0 Å². The van der Waals surface area contributed by atoms with Crippen molar-refractivity contribution in [2.45, 2.75) is 37.8 Å². The number of rotatable bonds is 4. The molecule has 0 aliphatic carbocycles. The van der Waals surface area contributed by atoms with Crippen molar-refractivity contribution in [3.63, 3.8) is 0 Å². The molecule has 0 aromatic carbocycles. The van der Waals surface area contributed by atoms with Gasteiger partial charge in [0.2, 0.25) is 0 Å². The zero-order chi connectivity index (χ0) is 11.3. The molecule has 4 heteroatoms. The Labute approximate surface area is 92.0 Å². The largest absolute Gasteiger partial charge is 0.377 e. The Morgan fingerprint density at radius 3 is 2.87 bits per heavy atom. The molecule has 0 radical (unpaired) electrons. The van der Waals surface area contributed by atoms with Crippen LogP contribution < -0.4 is 5.73 Å². The summed E-state index contributed by atoms with van der Waals surface area (Å²) in [5.74, 6) is 0. The van der Waals surface area contributed by atoms with Gasteiger partial charge in [0, 0.05) is 19.7 Å². The summed E-state index contributed by atoms with van der Waals surface area (Å²) in [5, 5.41) is 8.82. The van der Waals surface area contributed by atoms with Gasteiger partial charge in [-0.25, -0.2) is 0 Å². The Hall–Kier alpha value is -0.630. The fourth-order valence-corrected chi connectivity index (χ4v) is 1.96. The first-order chi connectivity index (χ1) is 7.03. The summed E-state index contributed by atoms with van der Waals surface area (Å²) in [7, 11) is 1.99. The quantitative estimate of drug-likeness (QED) is 0.744. The van der Waals surface area contributed by atoms with Gasteiger partial charge in [-0.2, -0.15) is 5.26 Å². The topological polar surface area (TPSA) is 62.3 Å². The number of hydrogen-bond donors (Lipinski definition) is 1. The Morgan fingerprint density at radius 2 is 2.33 bits per heavy atom. The van der Waals surface area contributed by atoms with Crippen LogP contribution in [0.25, 0.3) is 0 Å². The highest BCUT2D eigenvalue weighted by Crippen LogP contribution is 2.14. The lowest BCUT2D eigenvalue weighted by Crippen LogP contribution is -2.47. The Morgan fingerprint density at radius 1 is 1.60 bits per heavy atom. The van der Waals surface area contributed by atoms with Crippen LogP contribution in [0, 0.1) is 11.3 Å². The lowest BCUT2D eigenvalue weighted by molar-refractivity contribution is -0.00288. The van der Waals surface area contributed by atoms with Gasteiger partial charge in [-0.1, -0.05) is 0 Å². The molecule has 1 aliphatic heterocycles. The molecule has 0 bridgehead atoms. The predicted molar refractivity (Wildman–Crippen MR) is 59.3 cm³/mol. The van der Waals surface area contributed by atoms with Crippen LogP contribution in [0.15, 0.2) is 0 Å². The first kappa shape index (κ1) is 12.4. The van der Waals surface area contributed by atoms with E-state index in [1.165, 1.54) is 12.8 Å². The molecule has 0 spiro atoms. The maximum Gasteiger partial charge on any atom is 0.114 e. The summed E-state index contributed by atoms with van der Waals surface area (Å²) in [6.07, 6.45) is 3.86. The third-order valence-electron chi connectivity index (χ3n) is 2.64. The molecule has 1 aliphatic rings. The van der Waals surface area contributed by atoms with Crippen LogP contribution in [-0.4, -0.2) is 43.3 Å². The smallest absolute Gasteiger partial charge is 0.114 e. The van der Waals surface area contributed by atoms with E-state index in [1.807, 2.05) is 7.05 Å². The molecule has 1 saturated heterocycles. The second-order valence-corrected chi connectivity index (χ2v) is 4.71. The van der Waals surface area contributed by atoms with E-state index in [1.54, 1.807) is 6.92 Å². The number of ether oxygens (including phenoxy) is 1. The molecule has 1 rings (SSSR count). The van der Waals surface area contributed by atoms with E-state index < -0.39 is 5.54 Å². The van der Waals surface area contributed by atoms with Crippen molar-refractivity contribution < 1.29 is 4.74 Å². The van der Waals surface area contributed by atoms with Gasteiger partial charge in [-0.15, -0.1) is 0 Å². The summed E-state index contributed by atoms with van der Waals surface area (Å²) in [6, 6.07) is 2.10. The highest BCUT2D eigenvalue weighted by Gasteiger charge is 2.22. The van der Waals surface area contributed by atoms with Crippen LogP contribution >= 0.6 is 0 Å². The van der Waals surface area contributed by atoms with Crippen LogP contribution in [-0.2, 0) is 4.74 Å². The summed E-state index contributed by atoms with van der Waals surface area (Å²) in [5.41, 5.74) is 5.02. The van der Waals surface area contributed by atoms with Crippen molar-refractivity contribution in [1.82, 2.24) is 4.90 Å². The number of nitrogens with zero attached hydrogens (tertiary/aromatic N) is 2. The zero-order valence-corrected chi connectivity index (χ0v) is 9.70. The molecule has 1 fully saturated rings. The van der Waals surface area contributed by atoms with Crippen LogP contribution in [0.3, 0.4) is 0 Å². The molecule has 86 valence electrons. The van der Waals surface area contributed by atoms with Crippen molar-refractivity contribution in [2.24, 2.45) is 5.73 Å². The van der Waals surface area contributed by atoms with Crippen LogP contribution in [0.4, 0.5) is 0 Å². The van der Waals surface area contributed by atoms with Gasteiger partial charge in [-0.3, -0.25) is 0 Å². The van der Waals surface area contributed by atoms with Gasteiger partial charge >= 0.3 is 0 Å². The predicted octanol–water partition coefficient (Wildman–Crippen LogP) is 0.728. The molecular weight excluding hydrogens is 190 g/mol. The zero-order valence-electron chi connectivity index (χ0n) is 9.70. The summed E-state index contributed by atoms with van der Waals surface area (Å²) < 4.78 is 5.63. The van der Waals surface area contributed by atoms with Crippen molar-refractivity contribution >= 4 is 0 Å². The number of hydrogen-bond acceptors (Lipinski definition) is 4. The lowest BCUT2D eigenvalue weighted by Gasteiger charge is -2.30. The van der Waals surface area contributed by atoms with Crippen molar-refractivity contribution in [3.8, 4) is 6.07 Å². The highest BCUT2D eigenvalue weighted by molar-refractivity contribution is 5.02. The summed E-state index contributed by atoms with van der Waals surface area (Å²) in [4.78, 5) is 2.08. The van der Waals surface area contributed by atoms with Gasteiger partial charge in [-0.05, 0) is 33.2 Å². The fourth-order valence-electron chi connectivity index (χ4n) is 1.96. The molecule has 0 aromatic rings. The van der Waals surface area contributed by atoms with Crippen molar-refractivity contribution in [1.29, 1.82) is 5.26 Å². The molecule has 4 nitrogen and oxygen atoms in total. The lowest BCUT2D eigenvalue weighted by atomic mass is 10.0. The number of nitriles is 1. The third-order valence-corrected chi connectivity index (χ3v) is 2.64. The molecule has 2 unspecified atom stereocenters. The normalized spacial score (nSPS) is 25.9. The van der Waals surface area contributed by atoms with Crippen molar-refractivity contribution in [3.05, 3.63) is 0 Å². The average molecular weight is 211 g/mol. The van der Waals surface area contributed by atoms with Gasteiger partial charge in [0.15, 0.2) is 0 Å². The Balaban J connectivity index is 2.29. The van der Waals surface area contributed by atoms with E-state index in [0.717, 1.165) is 19.6 Å². The van der Waals surface area contributed by atoms with Gasteiger partial charge in [0.1, 0.15) is 5.54 Å². The van der Waals surface area contributed by atoms with E-state index in [0.29, 0.717) is 12.6 Å². The minimum Gasteiger partial charge on any atom is -0.377 e. The molecule has 0 amide bonds. The highest BCUT2D eigenvalue weighted by atomic mass is 16.5. The minimum absolute atomic E-state index is 0.318. The molecule has 2 N–H and O–H groups in total. The first-order valence-electron chi connectivity index (χ1n) is 5.54. The number of nitrogens with two attached hydrogens (primary N) is 1. The van der Waals surface area contributed by atoms with Crippen LogP contribution in [0.1, 0.15) is 26.2 Å². The van der Waals surface area contributed by atoms with E-state index in [9.17, 15) is 0 Å². The van der Waals surface area contributed by atoms with Gasteiger partial charge < -0.3 is 15.4 Å². The summed E-state index contributed by atoms with van der Waals surface area (Å²) in [6.45, 7) is 4.08. The Kier molecular flexibility index (Phi) is 4.52. The van der Waals surface area contributed by atoms with Gasteiger partial charge in [0.05, 0.1) is 12.2 Å². The van der Waals surface area contributed by atoms with Crippen LogP contribution in [0.2, 0.25) is 0 Å². The number of likely N-dealkylation sites (N-methyl/N-ethyl adjacent to an activating group) is 1. The fraction of sp³-hybridized carbons (Fsp3) is 0.909.